The molecule has 1 atom stereocenters. The van der Waals surface area contributed by atoms with Crippen molar-refractivity contribution in [1.82, 2.24) is 19.4 Å². The summed E-state index contributed by atoms with van der Waals surface area (Å²) in [6.07, 6.45) is 5.57. The van der Waals surface area contributed by atoms with Crippen LogP contribution in [0.1, 0.15) is 49.5 Å². The molecule has 1 aromatic carbocycles. The number of rotatable bonds is 5. The highest BCUT2D eigenvalue weighted by molar-refractivity contribution is 7.99. The molecule has 9 heteroatoms. The molecule has 2 aromatic rings. The van der Waals surface area contributed by atoms with E-state index >= 15 is 0 Å². The van der Waals surface area contributed by atoms with Crippen molar-refractivity contribution >= 4 is 23.6 Å². The van der Waals surface area contributed by atoms with E-state index in [0.29, 0.717) is 49.5 Å². The van der Waals surface area contributed by atoms with Gasteiger partial charge in [-0.1, -0.05) is 43.2 Å². The maximum absolute atomic E-state index is 13.0. The summed E-state index contributed by atoms with van der Waals surface area (Å²) in [7, 11) is 0. The summed E-state index contributed by atoms with van der Waals surface area (Å²) in [4.78, 5) is 34.4. The summed E-state index contributed by atoms with van der Waals surface area (Å²) in [5.41, 5.74) is 2.27. The van der Waals surface area contributed by atoms with E-state index in [-0.39, 0.29) is 18.4 Å². The Morgan fingerprint density at radius 3 is 2.43 bits per heavy atom. The molecular weight excluding hydrogens is 464 g/mol. The van der Waals surface area contributed by atoms with Gasteiger partial charge in [0.2, 0.25) is 12.0 Å². The lowest BCUT2D eigenvalue weighted by atomic mass is 9.95. The minimum absolute atomic E-state index is 0.0820. The minimum atomic E-state index is -0.646. The number of hydrogen-bond donors (Lipinski definition) is 0. The molecule has 2 aliphatic heterocycles. The molecule has 3 heterocycles. The number of piperazine rings is 1. The van der Waals surface area contributed by atoms with Crippen molar-refractivity contribution in [1.29, 1.82) is 0 Å². The van der Waals surface area contributed by atoms with Gasteiger partial charge in [-0.3, -0.25) is 9.59 Å². The van der Waals surface area contributed by atoms with Gasteiger partial charge in [-0.2, -0.15) is 0 Å². The number of carbonyl (C=O) groups is 2. The van der Waals surface area contributed by atoms with Gasteiger partial charge >= 0.3 is 0 Å². The van der Waals surface area contributed by atoms with E-state index in [0.717, 1.165) is 10.9 Å². The number of aromatic nitrogens is 2. The lowest BCUT2D eigenvalue weighted by Crippen LogP contribution is -2.55. The standard InChI is InChI=1S/C26H34N4O4S/c1-18-19(2)30(20-8-4-3-5-9-20)26(27-18)35-17-24(31)28-12-14-29(15-13-28)25(32)23-16-33-21-10-6-7-11-22(21)34-23/h6-7,10-11,20,23H,3-5,8-9,12-17H2,1-2H3. The minimum Gasteiger partial charge on any atom is -0.485 e. The SMILES string of the molecule is Cc1nc(SCC(=O)N2CCN(C(=O)C3COc4ccccc4O3)CC2)n(C2CCCCC2)c1C. The van der Waals surface area contributed by atoms with Gasteiger partial charge < -0.3 is 23.8 Å². The van der Waals surface area contributed by atoms with E-state index < -0.39 is 6.10 Å². The third-order valence-electron chi connectivity index (χ3n) is 7.35. The van der Waals surface area contributed by atoms with Crippen molar-refractivity contribution in [3.8, 4) is 11.5 Å². The van der Waals surface area contributed by atoms with E-state index in [9.17, 15) is 9.59 Å². The molecule has 188 valence electrons. The molecule has 1 saturated carbocycles. The number of carbonyl (C=O) groups excluding carboxylic acids is 2. The first-order chi connectivity index (χ1) is 17.0. The fourth-order valence-corrected chi connectivity index (χ4v) is 6.27. The van der Waals surface area contributed by atoms with Crippen molar-refractivity contribution in [2.75, 3.05) is 38.5 Å². The second kappa shape index (κ2) is 10.5. The van der Waals surface area contributed by atoms with Gasteiger partial charge in [0.05, 0.1) is 11.4 Å². The zero-order valence-electron chi connectivity index (χ0n) is 20.6. The number of aryl methyl sites for hydroxylation is 1. The predicted molar refractivity (Wildman–Crippen MR) is 134 cm³/mol. The van der Waals surface area contributed by atoms with E-state index in [4.69, 9.17) is 14.5 Å². The molecule has 8 nitrogen and oxygen atoms in total. The zero-order chi connectivity index (χ0) is 24.4. The van der Waals surface area contributed by atoms with Crippen LogP contribution in [0.15, 0.2) is 29.4 Å². The van der Waals surface area contributed by atoms with Crippen molar-refractivity contribution in [3.63, 3.8) is 0 Å². The molecule has 1 aliphatic carbocycles. The molecule has 0 radical (unpaired) electrons. The van der Waals surface area contributed by atoms with Crippen LogP contribution in [-0.4, -0.2) is 75.8 Å². The zero-order valence-corrected chi connectivity index (χ0v) is 21.4. The topological polar surface area (TPSA) is 76.9 Å². The van der Waals surface area contributed by atoms with Crippen LogP contribution in [-0.2, 0) is 9.59 Å². The fourth-order valence-electron chi connectivity index (χ4n) is 5.21. The van der Waals surface area contributed by atoms with E-state index in [1.165, 1.54) is 37.8 Å². The second-order valence-corrected chi connectivity index (χ2v) is 10.5. The van der Waals surface area contributed by atoms with Crippen LogP contribution >= 0.6 is 11.8 Å². The summed E-state index contributed by atoms with van der Waals surface area (Å²) in [5, 5.41) is 0.962. The monoisotopic (exact) mass is 498 g/mol. The molecule has 0 spiro atoms. The van der Waals surface area contributed by atoms with Gasteiger partial charge in [0.25, 0.3) is 5.91 Å². The summed E-state index contributed by atoms with van der Waals surface area (Å²) in [6, 6.07) is 7.88. The third-order valence-corrected chi connectivity index (χ3v) is 8.28. The van der Waals surface area contributed by atoms with Gasteiger partial charge in [0.15, 0.2) is 16.7 Å². The number of hydrogen-bond acceptors (Lipinski definition) is 6. The van der Waals surface area contributed by atoms with Crippen molar-refractivity contribution < 1.29 is 19.1 Å². The van der Waals surface area contributed by atoms with E-state index in [1.54, 1.807) is 16.7 Å². The van der Waals surface area contributed by atoms with E-state index in [2.05, 4.69) is 18.4 Å². The van der Waals surface area contributed by atoms with Gasteiger partial charge in [-0.15, -0.1) is 0 Å². The van der Waals surface area contributed by atoms with Crippen LogP contribution in [0.5, 0.6) is 11.5 Å². The van der Waals surface area contributed by atoms with Gasteiger partial charge in [-0.25, -0.2) is 4.98 Å². The number of ether oxygens (including phenoxy) is 2. The first-order valence-corrected chi connectivity index (χ1v) is 13.6. The van der Waals surface area contributed by atoms with Gasteiger partial charge in [-0.05, 0) is 38.8 Å². The second-order valence-electron chi connectivity index (χ2n) is 9.59. The molecule has 1 aromatic heterocycles. The highest BCUT2D eigenvalue weighted by Gasteiger charge is 2.33. The number of benzene rings is 1. The third kappa shape index (κ3) is 5.15. The Hall–Kier alpha value is -2.68. The Kier molecular flexibility index (Phi) is 7.22. The number of nitrogens with zero attached hydrogens (tertiary/aromatic N) is 4. The molecule has 35 heavy (non-hydrogen) atoms. The smallest absolute Gasteiger partial charge is 0.267 e. The quantitative estimate of drug-likeness (QED) is 0.587. The van der Waals surface area contributed by atoms with Crippen LogP contribution in [0.3, 0.4) is 0 Å². The molecule has 2 fully saturated rings. The molecule has 1 unspecified atom stereocenters. The first-order valence-electron chi connectivity index (χ1n) is 12.6. The molecule has 3 aliphatic rings. The van der Waals surface area contributed by atoms with Crippen molar-refractivity contribution in [2.45, 2.75) is 63.3 Å². The Morgan fingerprint density at radius 1 is 1.00 bits per heavy atom. The van der Waals surface area contributed by atoms with Crippen LogP contribution in [0.25, 0.3) is 0 Å². The average Bonchev–Trinajstić information content (AvgIpc) is 3.20. The van der Waals surface area contributed by atoms with Gasteiger partial charge in [0, 0.05) is 37.9 Å². The first kappa shape index (κ1) is 24.0. The van der Waals surface area contributed by atoms with Crippen LogP contribution in [0, 0.1) is 13.8 Å². The molecule has 5 rings (SSSR count). The van der Waals surface area contributed by atoms with Gasteiger partial charge in [0.1, 0.15) is 6.61 Å². The Labute approximate surface area is 211 Å². The summed E-state index contributed by atoms with van der Waals surface area (Å²) in [5.74, 6) is 1.65. The number of thioether (sulfide) groups is 1. The Morgan fingerprint density at radius 2 is 1.69 bits per heavy atom. The summed E-state index contributed by atoms with van der Waals surface area (Å²) < 4.78 is 13.9. The van der Waals surface area contributed by atoms with Crippen LogP contribution in [0.2, 0.25) is 0 Å². The lowest BCUT2D eigenvalue weighted by Gasteiger charge is -2.37. The largest absolute Gasteiger partial charge is 0.485 e. The van der Waals surface area contributed by atoms with E-state index in [1.807, 2.05) is 29.2 Å². The maximum Gasteiger partial charge on any atom is 0.267 e. The van der Waals surface area contributed by atoms with Crippen molar-refractivity contribution in [2.24, 2.45) is 0 Å². The number of amides is 2. The highest BCUT2D eigenvalue weighted by atomic mass is 32.2. The van der Waals surface area contributed by atoms with Crippen LogP contribution in [0.4, 0.5) is 0 Å². The Balaban J connectivity index is 1.13. The molecule has 1 saturated heterocycles. The number of fused-ring (bicyclic) bond motifs is 1. The predicted octanol–water partition coefficient (Wildman–Crippen LogP) is 3.61. The summed E-state index contributed by atoms with van der Waals surface area (Å²) in [6.45, 7) is 6.47. The maximum atomic E-state index is 13.0. The van der Waals surface area contributed by atoms with Crippen molar-refractivity contribution in [3.05, 3.63) is 35.7 Å². The molecular formula is C26H34N4O4S. The normalized spacial score (nSPS) is 20.7. The summed E-state index contributed by atoms with van der Waals surface area (Å²) >= 11 is 1.54. The molecule has 0 N–H and O–H groups in total. The number of imidazole rings is 1. The fraction of sp³-hybridized carbons (Fsp3) is 0.577. The molecule has 0 bridgehead atoms. The number of para-hydroxylation sites is 2. The molecule has 2 amide bonds. The van der Waals surface area contributed by atoms with Crippen LogP contribution < -0.4 is 9.47 Å². The Bertz CT molecular complexity index is 1070. The highest BCUT2D eigenvalue weighted by Crippen LogP contribution is 2.34. The average molecular weight is 499 g/mol. The lowest BCUT2D eigenvalue weighted by molar-refractivity contribution is -0.145.